The van der Waals surface area contributed by atoms with Gasteiger partial charge in [0.2, 0.25) is 0 Å². The van der Waals surface area contributed by atoms with E-state index in [4.69, 9.17) is 4.74 Å². The Balaban J connectivity index is 2.22. The van der Waals surface area contributed by atoms with E-state index >= 15 is 0 Å². The average Bonchev–Trinajstić information content (AvgIpc) is 2.92. The number of hydrogen-bond donors (Lipinski definition) is 1. The van der Waals surface area contributed by atoms with Crippen LogP contribution in [-0.2, 0) is 6.42 Å². The Bertz CT molecular complexity index is 481. The Labute approximate surface area is 119 Å². The Morgan fingerprint density at radius 1 is 1.21 bits per heavy atom. The largest absolute Gasteiger partial charge is 0.494 e. The van der Waals surface area contributed by atoms with E-state index in [1.165, 1.54) is 11.1 Å². The molecular formula is C16H21NOS. The lowest BCUT2D eigenvalue weighted by atomic mass is 9.99. The number of nitrogens with one attached hydrogen (secondary N) is 1. The molecule has 0 saturated carbocycles. The molecule has 102 valence electrons. The van der Waals surface area contributed by atoms with Gasteiger partial charge in [-0.15, -0.1) is 0 Å². The van der Waals surface area contributed by atoms with Crippen LogP contribution in [0.25, 0.3) is 0 Å². The minimum absolute atomic E-state index is 0.308. The number of rotatable bonds is 7. The molecule has 0 spiro atoms. The molecular weight excluding hydrogens is 254 g/mol. The lowest BCUT2D eigenvalue weighted by molar-refractivity contribution is 0.331. The van der Waals surface area contributed by atoms with E-state index < -0.39 is 0 Å². The van der Waals surface area contributed by atoms with Crippen LogP contribution in [0.5, 0.6) is 5.75 Å². The summed E-state index contributed by atoms with van der Waals surface area (Å²) >= 11 is 1.75. The first-order chi connectivity index (χ1) is 9.35. The summed E-state index contributed by atoms with van der Waals surface area (Å²) < 4.78 is 5.75. The molecule has 0 aliphatic heterocycles. The van der Waals surface area contributed by atoms with Gasteiger partial charge in [0.1, 0.15) is 5.75 Å². The predicted molar refractivity (Wildman–Crippen MR) is 82.1 cm³/mol. The number of ether oxygens (including phenoxy) is 1. The lowest BCUT2D eigenvalue weighted by Gasteiger charge is -2.21. The maximum Gasteiger partial charge on any atom is 0.124 e. The minimum atomic E-state index is 0.308. The molecule has 1 atom stereocenters. The van der Waals surface area contributed by atoms with E-state index in [-0.39, 0.29) is 0 Å². The minimum Gasteiger partial charge on any atom is -0.494 e. The number of hydrogen-bond acceptors (Lipinski definition) is 3. The molecule has 0 saturated heterocycles. The second-order valence-corrected chi connectivity index (χ2v) is 5.20. The molecule has 2 nitrogen and oxygen atoms in total. The number of para-hydroxylation sites is 1. The zero-order valence-electron chi connectivity index (χ0n) is 11.6. The van der Waals surface area contributed by atoms with Gasteiger partial charge < -0.3 is 10.1 Å². The fourth-order valence-electron chi connectivity index (χ4n) is 2.24. The normalized spacial score (nSPS) is 12.3. The lowest BCUT2D eigenvalue weighted by Crippen LogP contribution is -2.23. The van der Waals surface area contributed by atoms with Gasteiger partial charge in [-0.1, -0.05) is 25.1 Å². The summed E-state index contributed by atoms with van der Waals surface area (Å²) in [5, 5.41) is 7.91. The van der Waals surface area contributed by atoms with Crippen molar-refractivity contribution in [2.75, 3.05) is 13.2 Å². The van der Waals surface area contributed by atoms with E-state index in [1.807, 2.05) is 13.0 Å². The standard InChI is InChI=1S/C16H21NOS/c1-3-17-15(11-13-9-10-19-12-13)14-7-5-6-8-16(14)18-4-2/h5-10,12,15,17H,3-4,11H2,1-2H3. The first-order valence-corrected chi connectivity index (χ1v) is 7.75. The van der Waals surface area contributed by atoms with Crippen molar-refractivity contribution in [2.45, 2.75) is 26.3 Å². The highest BCUT2D eigenvalue weighted by atomic mass is 32.1. The molecule has 2 rings (SSSR count). The van der Waals surface area contributed by atoms with Crippen LogP contribution < -0.4 is 10.1 Å². The zero-order chi connectivity index (χ0) is 13.5. The molecule has 1 unspecified atom stereocenters. The van der Waals surface area contributed by atoms with Crippen molar-refractivity contribution in [3.8, 4) is 5.75 Å². The summed E-state index contributed by atoms with van der Waals surface area (Å²) in [6, 6.07) is 10.8. The van der Waals surface area contributed by atoms with Gasteiger partial charge in [-0.05, 0) is 48.3 Å². The molecule has 0 aliphatic carbocycles. The maximum atomic E-state index is 5.75. The van der Waals surface area contributed by atoms with Crippen LogP contribution in [0.3, 0.4) is 0 Å². The summed E-state index contributed by atoms with van der Waals surface area (Å²) in [6.07, 6.45) is 1.00. The monoisotopic (exact) mass is 275 g/mol. The molecule has 0 radical (unpaired) electrons. The number of thiophene rings is 1. The SMILES string of the molecule is CCNC(Cc1ccsc1)c1ccccc1OCC. The van der Waals surface area contributed by atoms with Gasteiger partial charge in [0.15, 0.2) is 0 Å². The highest BCUT2D eigenvalue weighted by Crippen LogP contribution is 2.28. The molecule has 0 amide bonds. The molecule has 0 fully saturated rings. The van der Waals surface area contributed by atoms with Crippen LogP contribution >= 0.6 is 11.3 Å². The number of likely N-dealkylation sites (N-methyl/N-ethyl adjacent to an activating group) is 1. The van der Waals surface area contributed by atoms with Gasteiger partial charge >= 0.3 is 0 Å². The van der Waals surface area contributed by atoms with Crippen molar-refractivity contribution in [3.05, 3.63) is 52.2 Å². The smallest absolute Gasteiger partial charge is 0.124 e. The van der Waals surface area contributed by atoms with E-state index in [0.717, 1.165) is 18.7 Å². The Hall–Kier alpha value is -1.32. The van der Waals surface area contributed by atoms with Crippen LogP contribution in [0.1, 0.15) is 31.0 Å². The molecule has 1 heterocycles. The van der Waals surface area contributed by atoms with Crippen molar-refractivity contribution in [1.82, 2.24) is 5.32 Å². The predicted octanol–water partition coefficient (Wildman–Crippen LogP) is 4.04. The summed E-state index contributed by atoms with van der Waals surface area (Å²) in [5.74, 6) is 0.992. The van der Waals surface area contributed by atoms with Gasteiger partial charge in [0.25, 0.3) is 0 Å². The molecule has 0 aliphatic rings. The van der Waals surface area contributed by atoms with Crippen molar-refractivity contribution in [3.63, 3.8) is 0 Å². The second kappa shape index (κ2) is 7.31. The highest BCUT2D eigenvalue weighted by Gasteiger charge is 2.15. The first kappa shape index (κ1) is 14.1. The molecule has 1 aromatic carbocycles. The summed E-state index contributed by atoms with van der Waals surface area (Å²) in [6.45, 7) is 5.82. The van der Waals surface area contributed by atoms with Gasteiger partial charge in [-0.25, -0.2) is 0 Å². The van der Waals surface area contributed by atoms with E-state index in [9.17, 15) is 0 Å². The third-order valence-electron chi connectivity index (χ3n) is 3.06. The van der Waals surface area contributed by atoms with Gasteiger partial charge in [-0.2, -0.15) is 11.3 Å². The highest BCUT2D eigenvalue weighted by molar-refractivity contribution is 7.07. The molecule has 1 aromatic heterocycles. The fraction of sp³-hybridized carbons (Fsp3) is 0.375. The van der Waals surface area contributed by atoms with Gasteiger partial charge in [0.05, 0.1) is 6.61 Å². The third-order valence-corrected chi connectivity index (χ3v) is 3.80. The van der Waals surface area contributed by atoms with E-state index in [2.05, 4.69) is 47.3 Å². The van der Waals surface area contributed by atoms with Crippen molar-refractivity contribution < 1.29 is 4.74 Å². The Kier molecular flexibility index (Phi) is 5.43. The van der Waals surface area contributed by atoms with Crippen LogP contribution in [0.15, 0.2) is 41.1 Å². The Morgan fingerprint density at radius 3 is 2.74 bits per heavy atom. The Morgan fingerprint density at radius 2 is 2.05 bits per heavy atom. The van der Waals surface area contributed by atoms with Crippen LogP contribution in [0.2, 0.25) is 0 Å². The topological polar surface area (TPSA) is 21.3 Å². The average molecular weight is 275 g/mol. The quantitative estimate of drug-likeness (QED) is 0.823. The molecule has 1 N–H and O–H groups in total. The fourth-order valence-corrected chi connectivity index (χ4v) is 2.92. The van der Waals surface area contributed by atoms with Crippen molar-refractivity contribution in [2.24, 2.45) is 0 Å². The van der Waals surface area contributed by atoms with Crippen LogP contribution in [-0.4, -0.2) is 13.2 Å². The van der Waals surface area contributed by atoms with E-state index in [1.54, 1.807) is 11.3 Å². The third kappa shape index (κ3) is 3.82. The van der Waals surface area contributed by atoms with Crippen LogP contribution in [0, 0.1) is 0 Å². The number of benzene rings is 1. The summed E-state index contributed by atoms with van der Waals surface area (Å²) in [4.78, 5) is 0. The van der Waals surface area contributed by atoms with Crippen molar-refractivity contribution >= 4 is 11.3 Å². The summed E-state index contributed by atoms with van der Waals surface area (Å²) in [5.41, 5.74) is 2.62. The van der Waals surface area contributed by atoms with E-state index in [0.29, 0.717) is 12.6 Å². The van der Waals surface area contributed by atoms with Gasteiger partial charge in [-0.3, -0.25) is 0 Å². The first-order valence-electron chi connectivity index (χ1n) is 6.81. The van der Waals surface area contributed by atoms with Gasteiger partial charge in [0, 0.05) is 11.6 Å². The zero-order valence-corrected chi connectivity index (χ0v) is 12.4. The van der Waals surface area contributed by atoms with Crippen molar-refractivity contribution in [1.29, 1.82) is 0 Å². The molecule has 19 heavy (non-hydrogen) atoms. The summed E-state index contributed by atoms with van der Waals surface area (Å²) in [7, 11) is 0. The molecule has 0 bridgehead atoms. The maximum absolute atomic E-state index is 5.75. The molecule has 2 aromatic rings. The second-order valence-electron chi connectivity index (χ2n) is 4.42. The van der Waals surface area contributed by atoms with Crippen LogP contribution in [0.4, 0.5) is 0 Å². The molecule has 3 heteroatoms.